The number of phenolic OH excluding ortho intramolecular Hbond substituents is 1. The van der Waals surface area contributed by atoms with Gasteiger partial charge in [-0.25, -0.2) is 0 Å². The molecule has 0 radical (unpaired) electrons. The molecule has 0 aliphatic rings. The highest BCUT2D eigenvalue weighted by Crippen LogP contribution is 2.29. The number of carbonyl (C=O) groups excluding carboxylic acids is 1. The lowest BCUT2D eigenvalue weighted by Gasteiger charge is -2.12. The number of carbonyl (C=O) groups is 1. The zero-order valence-electron chi connectivity index (χ0n) is 14.2. The van der Waals surface area contributed by atoms with Crippen molar-refractivity contribution >= 4 is 5.78 Å². The van der Waals surface area contributed by atoms with Gasteiger partial charge in [0.2, 0.25) is 0 Å². The largest absolute Gasteiger partial charge is 0.508 e. The Kier molecular flexibility index (Phi) is 6.90. The predicted molar refractivity (Wildman–Crippen MR) is 90.8 cm³/mol. The molecule has 1 aromatic rings. The minimum absolute atomic E-state index is 0.0533. The van der Waals surface area contributed by atoms with Gasteiger partial charge in [-0.15, -0.1) is 0 Å². The molecule has 3 heteroatoms. The molecular weight excluding hydrogens is 276 g/mol. The van der Waals surface area contributed by atoms with Gasteiger partial charge in [0.1, 0.15) is 11.5 Å². The zero-order chi connectivity index (χ0) is 16.7. The summed E-state index contributed by atoms with van der Waals surface area (Å²) in [5.74, 6) is 0.494. The van der Waals surface area contributed by atoms with Gasteiger partial charge in [-0.1, -0.05) is 23.3 Å². The molecule has 0 saturated heterocycles. The number of rotatable bonds is 7. The predicted octanol–water partition coefficient (Wildman–Crippen LogP) is 4.84. The topological polar surface area (TPSA) is 46.5 Å². The number of Topliss-reactive ketones (excluding diaryl/α,β-unsaturated/α-hetero) is 1. The van der Waals surface area contributed by atoms with Crippen molar-refractivity contribution < 1.29 is 14.6 Å². The summed E-state index contributed by atoms with van der Waals surface area (Å²) < 4.78 is 5.22. The first-order valence-corrected chi connectivity index (χ1v) is 7.55. The van der Waals surface area contributed by atoms with Gasteiger partial charge >= 0.3 is 0 Å². The number of methoxy groups -OCH3 is 1. The smallest absolute Gasteiger partial charge is 0.163 e. The van der Waals surface area contributed by atoms with E-state index in [4.69, 9.17) is 4.74 Å². The van der Waals surface area contributed by atoms with E-state index in [-0.39, 0.29) is 11.5 Å². The maximum Gasteiger partial charge on any atom is 0.163 e. The van der Waals surface area contributed by atoms with E-state index in [1.807, 2.05) is 0 Å². The number of hydrogen-bond donors (Lipinski definition) is 1. The second kappa shape index (κ2) is 8.42. The van der Waals surface area contributed by atoms with Crippen molar-refractivity contribution in [1.29, 1.82) is 0 Å². The van der Waals surface area contributed by atoms with Crippen molar-refractivity contribution in [2.75, 3.05) is 7.11 Å². The Morgan fingerprint density at radius 3 is 2.41 bits per heavy atom. The number of allylic oxidation sites excluding steroid dienone is 4. The van der Waals surface area contributed by atoms with E-state index in [9.17, 15) is 9.90 Å². The van der Waals surface area contributed by atoms with Gasteiger partial charge in [-0.3, -0.25) is 4.79 Å². The van der Waals surface area contributed by atoms with Crippen LogP contribution >= 0.6 is 0 Å². The maximum atomic E-state index is 11.9. The fourth-order valence-electron chi connectivity index (χ4n) is 2.35. The third-order valence-corrected chi connectivity index (χ3v) is 3.50. The average molecular weight is 302 g/mol. The Balaban J connectivity index is 2.95. The molecular formula is C19H26O3. The molecule has 0 atom stereocenters. The number of aromatic hydroxyl groups is 1. The van der Waals surface area contributed by atoms with Gasteiger partial charge in [-0.05, 0) is 58.6 Å². The van der Waals surface area contributed by atoms with E-state index in [0.717, 1.165) is 18.4 Å². The standard InChI is InChI=1S/C19H26O3/c1-13(2)7-6-8-14(3)9-10-16-11-17(21)12-18(22-5)19(16)15(4)20/h7,9,11-12,21H,6,8,10H2,1-5H3/b14-9+. The lowest BCUT2D eigenvalue weighted by Crippen LogP contribution is -2.03. The Labute approximate surface area is 133 Å². The van der Waals surface area contributed by atoms with Crippen LogP contribution in [0.3, 0.4) is 0 Å². The summed E-state index contributed by atoms with van der Waals surface area (Å²) >= 11 is 0. The molecule has 0 heterocycles. The van der Waals surface area contributed by atoms with Crippen LogP contribution in [0.2, 0.25) is 0 Å². The molecule has 0 amide bonds. The van der Waals surface area contributed by atoms with Crippen LogP contribution in [0.25, 0.3) is 0 Å². The van der Waals surface area contributed by atoms with Crippen LogP contribution in [0.4, 0.5) is 0 Å². The van der Waals surface area contributed by atoms with Crippen molar-refractivity contribution in [3.63, 3.8) is 0 Å². The summed E-state index contributed by atoms with van der Waals surface area (Å²) in [6.07, 6.45) is 6.96. The molecule has 0 aromatic heterocycles. The molecule has 0 fully saturated rings. The summed E-state index contributed by atoms with van der Waals surface area (Å²) in [4.78, 5) is 11.9. The van der Waals surface area contributed by atoms with Gasteiger partial charge in [0.05, 0.1) is 12.7 Å². The Morgan fingerprint density at radius 1 is 1.18 bits per heavy atom. The van der Waals surface area contributed by atoms with Crippen LogP contribution in [-0.4, -0.2) is 18.0 Å². The fourth-order valence-corrected chi connectivity index (χ4v) is 2.35. The Morgan fingerprint density at radius 2 is 1.86 bits per heavy atom. The first-order valence-electron chi connectivity index (χ1n) is 7.55. The van der Waals surface area contributed by atoms with Crippen molar-refractivity contribution in [1.82, 2.24) is 0 Å². The van der Waals surface area contributed by atoms with Crippen LogP contribution < -0.4 is 4.74 Å². The van der Waals surface area contributed by atoms with E-state index in [1.165, 1.54) is 31.2 Å². The van der Waals surface area contributed by atoms with Gasteiger partial charge in [-0.2, -0.15) is 0 Å². The lowest BCUT2D eigenvalue weighted by molar-refractivity contribution is 0.101. The highest BCUT2D eigenvalue weighted by atomic mass is 16.5. The number of benzene rings is 1. The molecule has 22 heavy (non-hydrogen) atoms. The molecule has 1 N–H and O–H groups in total. The minimum atomic E-state index is -0.0533. The summed E-state index contributed by atoms with van der Waals surface area (Å²) in [5, 5.41) is 9.78. The SMILES string of the molecule is COc1cc(O)cc(C/C=C(\C)CCC=C(C)C)c1C(C)=O. The molecule has 0 aliphatic heterocycles. The van der Waals surface area contributed by atoms with Crippen LogP contribution in [0, 0.1) is 0 Å². The van der Waals surface area contributed by atoms with Crippen molar-refractivity contribution in [2.45, 2.75) is 47.0 Å². The second-order valence-corrected chi connectivity index (χ2v) is 5.81. The monoisotopic (exact) mass is 302 g/mol. The zero-order valence-corrected chi connectivity index (χ0v) is 14.2. The summed E-state index contributed by atoms with van der Waals surface area (Å²) in [7, 11) is 1.51. The number of hydrogen-bond acceptors (Lipinski definition) is 3. The first kappa shape index (κ1) is 18.0. The molecule has 0 unspecified atom stereocenters. The van der Waals surface area contributed by atoms with Gasteiger partial charge in [0.15, 0.2) is 5.78 Å². The number of ether oxygens (including phenoxy) is 1. The summed E-state index contributed by atoms with van der Waals surface area (Å²) in [6, 6.07) is 3.12. The van der Waals surface area contributed by atoms with Gasteiger partial charge in [0, 0.05) is 6.07 Å². The van der Waals surface area contributed by atoms with Crippen molar-refractivity contribution in [3.05, 3.63) is 46.6 Å². The number of phenols is 1. The van der Waals surface area contributed by atoms with E-state index >= 15 is 0 Å². The number of ketones is 1. The molecule has 1 aromatic carbocycles. The van der Waals surface area contributed by atoms with Crippen molar-refractivity contribution in [3.8, 4) is 11.5 Å². The maximum absolute atomic E-state index is 11.9. The molecule has 3 nitrogen and oxygen atoms in total. The molecule has 1 rings (SSSR count). The van der Waals surface area contributed by atoms with E-state index < -0.39 is 0 Å². The minimum Gasteiger partial charge on any atom is -0.508 e. The first-order chi connectivity index (χ1) is 10.3. The van der Waals surface area contributed by atoms with Crippen molar-refractivity contribution in [2.24, 2.45) is 0 Å². The van der Waals surface area contributed by atoms with E-state index in [0.29, 0.717) is 17.7 Å². The van der Waals surface area contributed by atoms with Crippen LogP contribution in [0.5, 0.6) is 11.5 Å². The normalized spacial score (nSPS) is 11.2. The molecule has 0 saturated carbocycles. The molecule has 0 bridgehead atoms. The molecule has 0 spiro atoms. The Bertz CT molecular complexity index is 591. The molecule has 120 valence electrons. The summed E-state index contributed by atoms with van der Waals surface area (Å²) in [6.45, 7) is 7.80. The second-order valence-electron chi connectivity index (χ2n) is 5.81. The quantitative estimate of drug-likeness (QED) is 0.579. The lowest BCUT2D eigenvalue weighted by atomic mass is 9.98. The van der Waals surface area contributed by atoms with E-state index in [2.05, 4.69) is 32.9 Å². The van der Waals surface area contributed by atoms with Crippen LogP contribution in [0.1, 0.15) is 56.5 Å². The van der Waals surface area contributed by atoms with Gasteiger partial charge < -0.3 is 9.84 Å². The van der Waals surface area contributed by atoms with Gasteiger partial charge in [0.25, 0.3) is 0 Å². The Hall–Kier alpha value is -2.03. The van der Waals surface area contributed by atoms with E-state index in [1.54, 1.807) is 6.07 Å². The fraction of sp³-hybridized carbons (Fsp3) is 0.421. The third kappa shape index (κ3) is 5.40. The average Bonchev–Trinajstić information content (AvgIpc) is 2.43. The third-order valence-electron chi connectivity index (χ3n) is 3.50. The van der Waals surface area contributed by atoms with Crippen LogP contribution in [-0.2, 0) is 6.42 Å². The highest BCUT2D eigenvalue weighted by molar-refractivity contribution is 5.98. The highest BCUT2D eigenvalue weighted by Gasteiger charge is 2.14. The van der Waals surface area contributed by atoms with Crippen LogP contribution in [0.15, 0.2) is 35.4 Å². The molecule has 0 aliphatic carbocycles. The summed E-state index contributed by atoms with van der Waals surface area (Å²) in [5.41, 5.74) is 3.94.